The van der Waals surface area contributed by atoms with Crippen LogP contribution < -0.4 is 10.6 Å². The zero-order valence-corrected chi connectivity index (χ0v) is 12.9. The summed E-state index contributed by atoms with van der Waals surface area (Å²) in [6.45, 7) is 4.36. The van der Waals surface area contributed by atoms with E-state index in [-0.39, 0.29) is 5.56 Å². The Morgan fingerprint density at radius 3 is 2.50 bits per heavy atom. The molecule has 20 heavy (non-hydrogen) atoms. The molecule has 3 N–H and O–H groups in total. The first-order valence-corrected chi connectivity index (χ1v) is 6.96. The number of benzene rings is 1. The van der Waals surface area contributed by atoms with E-state index in [1.54, 1.807) is 6.07 Å². The summed E-state index contributed by atoms with van der Waals surface area (Å²) in [7, 11) is 4.02. The van der Waals surface area contributed by atoms with Crippen molar-refractivity contribution in [2.75, 3.05) is 44.4 Å². The molecule has 0 unspecified atom stereocenters. The maximum absolute atomic E-state index is 11.4. The van der Waals surface area contributed by atoms with Crippen LogP contribution in [-0.2, 0) is 0 Å². The van der Waals surface area contributed by atoms with Gasteiger partial charge in [0.25, 0.3) is 0 Å². The van der Waals surface area contributed by atoms with Gasteiger partial charge in [0, 0.05) is 18.8 Å². The van der Waals surface area contributed by atoms with Crippen LogP contribution in [0, 0.1) is 0 Å². The van der Waals surface area contributed by atoms with Crippen LogP contribution in [0.25, 0.3) is 0 Å². The van der Waals surface area contributed by atoms with Gasteiger partial charge in [0.1, 0.15) is 0 Å². The molecule has 5 nitrogen and oxygen atoms in total. The summed E-state index contributed by atoms with van der Waals surface area (Å²) in [5.41, 5.74) is 6.74. The predicted octanol–water partition coefficient (Wildman–Crippen LogP) is 2.40. The Kier molecular flexibility index (Phi) is 6.10. The molecule has 0 aliphatic carbocycles. The zero-order valence-electron chi connectivity index (χ0n) is 12.2. The number of aromatic carboxylic acids is 1. The number of hydrogen-bond donors (Lipinski definition) is 2. The van der Waals surface area contributed by atoms with Crippen molar-refractivity contribution in [3.8, 4) is 0 Å². The van der Waals surface area contributed by atoms with Crippen molar-refractivity contribution in [2.45, 2.75) is 13.3 Å². The lowest BCUT2D eigenvalue weighted by atomic mass is 10.1. The molecule has 1 aromatic carbocycles. The maximum atomic E-state index is 11.4. The van der Waals surface area contributed by atoms with Gasteiger partial charge in [-0.05, 0) is 46.1 Å². The van der Waals surface area contributed by atoms with E-state index in [1.807, 2.05) is 25.9 Å². The van der Waals surface area contributed by atoms with Gasteiger partial charge in [-0.2, -0.15) is 0 Å². The lowest BCUT2D eigenvalue weighted by Gasteiger charge is -2.26. The Hall–Kier alpha value is -1.46. The van der Waals surface area contributed by atoms with Gasteiger partial charge in [-0.1, -0.05) is 11.6 Å². The van der Waals surface area contributed by atoms with Crippen LogP contribution in [0.3, 0.4) is 0 Å². The fourth-order valence-electron chi connectivity index (χ4n) is 2.11. The minimum absolute atomic E-state index is 0.154. The molecule has 0 radical (unpaired) electrons. The molecular formula is C14H22ClN3O2. The first-order chi connectivity index (χ1) is 9.36. The Labute approximate surface area is 124 Å². The van der Waals surface area contributed by atoms with Crippen LogP contribution in [0.5, 0.6) is 0 Å². The van der Waals surface area contributed by atoms with Crippen LogP contribution in [0.2, 0.25) is 5.02 Å². The van der Waals surface area contributed by atoms with E-state index in [9.17, 15) is 9.90 Å². The lowest BCUT2D eigenvalue weighted by Crippen LogP contribution is -2.28. The number of hydrogen-bond acceptors (Lipinski definition) is 4. The Morgan fingerprint density at radius 2 is 2.00 bits per heavy atom. The molecule has 1 rings (SSSR count). The summed E-state index contributed by atoms with van der Waals surface area (Å²) in [6, 6.07) is 3.05. The number of nitrogens with zero attached hydrogens (tertiary/aromatic N) is 2. The van der Waals surface area contributed by atoms with Crippen molar-refractivity contribution < 1.29 is 9.90 Å². The minimum atomic E-state index is -1.01. The number of rotatable bonds is 7. The summed E-state index contributed by atoms with van der Waals surface area (Å²) in [5, 5.41) is 9.71. The average molecular weight is 300 g/mol. The van der Waals surface area contributed by atoms with E-state index in [0.29, 0.717) is 22.9 Å². The third-order valence-electron chi connectivity index (χ3n) is 3.05. The van der Waals surface area contributed by atoms with Gasteiger partial charge < -0.3 is 20.6 Å². The van der Waals surface area contributed by atoms with Crippen molar-refractivity contribution in [3.63, 3.8) is 0 Å². The molecule has 0 heterocycles. The van der Waals surface area contributed by atoms with Crippen LogP contribution in [-0.4, -0.2) is 49.7 Å². The largest absolute Gasteiger partial charge is 0.478 e. The van der Waals surface area contributed by atoms with Gasteiger partial charge in [0.05, 0.1) is 16.3 Å². The average Bonchev–Trinajstić information content (AvgIpc) is 2.34. The second-order valence-electron chi connectivity index (χ2n) is 4.94. The maximum Gasteiger partial charge on any atom is 0.337 e. The fourth-order valence-corrected chi connectivity index (χ4v) is 2.46. The molecular weight excluding hydrogens is 278 g/mol. The summed E-state index contributed by atoms with van der Waals surface area (Å²) in [4.78, 5) is 15.5. The van der Waals surface area contributed by atoms with Gasteiger partial charge in [-0.3, -0.25) is 0 Å². The zero-order chi connectivity index (χ0) is 15.3. The van der Waals surface area contributed by atoms with Gasteiger partial charge >= 0.3 is 5.97 Å². The van der Waals surface area contributed by atoms with E-state index in [2.05, 4.69) is 4.90 Å². The van der Waals surface area contributed by atoms with E-state index < -0.39 is 5.97 Å². The molecule has 0 aromatic heterocycles. The summed E-state index contributed by atoms with van der Waals surface area (Å²) < 4.78 is 0. The molecule has 0 aliphatic rings. The van der Waals surface area contributed by atoms with Crippen LogP contribution in [0.15, 0.2) is 12.1 Å². The predicted molar refractivity (Wildman–Crippen MR) is 83.9 cm³/mol. The number of nitrogens with two attached hydrogens (primary N) is 1. The van der Waals surface area contributed by atoms with E-state index in [0.717, 1.165) is 19.5 Å². The van der Waals surface area contributed by atoms with Gasteiger partial charge in [0.2, 0.25) is 0 Å². The first kappa shape index (κ1) is 16.6. The highest BCUT2D eigenvalue weighted by Crippen LogP contribution is 2.32. The normalized spacial score (nSPS) is 10.8. The van der Waals surface area contributed by atoms with Crippen molar-refractivity contribution in [2.24, 2.45) is 0 Å². The number of anilines is 2. The first-order valence-electron chi connectivity index (χ1n) is 6.58. The molecule has 0 bridgehead atoms. The smallest absolute Gasteiger partial charge is 0.337 e. The molecule has 0 atom stereocenters. The Balaban J connectivity index is 3.04. The monoisotopic (exact) mass is 299 g/mol. The van der Waals surface area contributed by atoms with Crippen LogP contribution in [0.4, 0.5) is 11.4 Å². The Bertz CT molecular complexity index is 478. The second-order valence-corrected chi connectivity index (χ2v) is 5.35. The van der Waals surface area contributed by atoms with Gasteiger partial charge in [0.15, 0.2) is 0 Å². The highest BCUT2D eigenvalue weighted by molar-refractivity contribution is 6.34. The summed E-state index contributed by atoms with van der Waals surface area (Å²) >= 11 is 6.20. The standard InChI is InChI=1S/C14H22ClN3O2/c1-4-18(7-5-6-17(2)3)13-11(14(19)20)8-10(16)9-12(13)15/h8-9H,4-7,16H2,1-3H3,(H,19,20). The third kappa shape index (κ3) is 4.28. The van der Waals surface area contributed by atoms with Gasteiger partial charge in [-0.15, -0.1) is 0 Å². The van der Waals surface area contributed by atoms with Crippen LogP contribution >= 0.6 is 11.6 Å². The second kappa shape index (κ2) is 7.36. The molecule has 0 spiro atoms. The van der Waals surface area contributed by atoms with Crippen molar-refractivity contribution in [3.05, 3.63) is 22.7 Å². The highest BCUT2D eigenvalue weighted by Gasteiger charge is 2.19. The van der Waals surface area contributed by atoms with Gasteiger partial charge in [-0.25, -0.2) is 4.79 Å². The number of carbonyl (C=O) groups is 1. The number of nitrogen functional groups attached to an aromatic ring is 1. The highest BCUT2D eigenvalue weighted by atomic mass is 35.5. The molecule has 0 fully saturated rings. The number of halogens is 1. The molecule has 0 amide bonds. The van der Waals surface area contributed by atoms with Crippen molar-refractivity contribution in [1.82, 2.24) is 4.90 Å². The number of carboxylic acids is 1. The number of carboxylic acid groups (broad SMARTS) is 1. The van der Waals surface area contributed by atoms with Crippen molar-refractivity contribution >= 4 is 28.9 Å². The molecule has 1 aromatic rings. The SMILES string of the molecule is CCN(CCCN(C)C)c1c(Cl)cc(N)cc1C(=O)O. The fraction of sp³-hybridized carbons (Fsp3) is 0.500. The van der Waals surface area contributed by atoms with E-state index >= 15 is 0 Å². The van der Waals surface area contributed by atoms with Crippen molar-refractivity contribution in [1.29, 1.82) is 0 Å². The topological polar surface area (TPSA) is 69.8 Å². The third-order valence-corrected chi connectivity index (χ3v) is 3.34. The van der Waals surface area contributed by atoms with E-state index in [4.69, 9.17) is 17.3 Å². The lowest BCUT2D eigenvalue weighted by molar-refractivity contribution is 0.0697. The summed E-state index contributed by atoms with van der Waals surface area (Å²) in [6.07, 6.45) is 0.931. The van der Waals surface area contributed by atoms with Crippen LogP contribution in [0.1, 0.15) is 23.7 Å². The Morgan fingerprint density at radius 1 is 1.35 bits per heavy atom. The molecule has 112 valence electrons. The van der Waals surface area contributed by atoms with E-state index in [1.165, 1.54) is 6.07 Å². The summed E-state index contributed by atoms with van der Waals surface area (Å²) in [5.74, 6) is -1.01. The molecule has 6 heteroatoms. The molecule has 0 aliphatic heterocycles. The minimum Gasteiger partial charge on any atom is -0.478 e. The molecule has 0 saturated heterocycles. The molecule has 0 saturated carbocycles. The quantitative estimate of drug-likeness (QED) is 0.757.